The molecule has 3 N–H and O–H groups in total. The fourth-order valence-corrected chi connectivity index (χ4v) is 7.18. The molecule has 0 aromatic heterocycles. The molecule has 0 spiro atoms. The van der Waals surface area contributed by atoms with Crippen LogP contribution in [0.25, 0.3) is 6.08 Å². The van der Waals surface area contributed by atoms with E-state index in [4.69, 9.17) is 0 Å². The number of aliphatic hydroxyl groups is 2. The summed E-state index contributed by atoms with van der Waals surface area (Å²) < 4.78 is 0. The second-order valence-electron chi connectivity index (χ2n) is 11.3. The van der Waals surface area contributed by atoms with Gasteiger partial charge in [-0.3, -0.25) is 9.59 Å². The molecular weight excluding hydrogens is 428 g/mol. The van der Waals surface area contributed by atoms with Gasteiger partial charge in [0.25, 0.3) is 0 Å². The second-order valence-corrected chi connectivity index (χ2v) is 11.3. The highest BCUT2D eigenvalue weighted by Crippen LogP contribution is 2.64. The van der Waals surface area contributed by atoms with Gasteiger partial charge in [-0.05, 0) is 75.1 Å². The molecule has 0 unspecified atom stereocenters. The minimum absolute atomic E-state index is 0.118. The van der Waals surface area contributed by atoms with Crippen LogP contribution in [0.1, 0.15) is 81.3 Å². The Morgan fingerprint density at radius 3 is 2.41 bits per heavy atom. The topological polar surface area (TPSA) is 94.8 Å². The standard InChI is InChI=1S/C29H32O5/c1-15-12-28(5)14-27(4)13-20-19(11-18-7-6-8-18)9-10-21(31)23(20)25(32)24(27)26(33)29(28,34)16(2)22(15)17(3)30/h9-11,31,33-34H,2,6-8,12-14H2,1,3-5H3/t27-,28+,29+/m1/s1. The molecule has 4 aliphatic carbocycles. The lowest BCUT2D eigenvalue weighted by atomic mass is 9.47. The first-order valence-electron chi connectivity index (χ1n) is 12.0. The highest BCUT2D eigenvalue weighted by molar-refractivity contribution is 6.14. The molecule has 5 rings (SSSR count). The predicted octanol–water partition coefficient (Wildman–Crippen LogP) is 5.52. The molecule has 0 aliphatic heterocycles. The van der Waals surface area contributed by atoms with Crippen LogP contribution < -0.4 is 0 Å². The number of fused-ring (bicyclic) bond motifs is 3. The van der Waals surface area contributed by atoms with Gasteiger partial charge in [0.2, 0.25) is 0 Å². The van der Waals surface area contributed by atoms with Crippen molar-refractivity contribution in [3.05, 3.63) is 69.0 Å². The molecule has 1 fully saturated rings. The summed E-state index contributed by atoms with van der Waals surface area (Å²) in [5, 5.41) is 34.3. The number of ketones is 2. The first-order valence-corrected chi connectivity index (χ1v) is 12.0. The van der Waals surface area contributed by atoms with E-state index in [-0.39, 0.29) is 28.2 Å². The Labute approximate surface area is 200 Å². The Bertz CT molecular complexity index is 1290. The summed E-state index contributed by atoms with van der Waals surface area (Å²) in [6.45, 7) is 11.2. The van der Waals surface area contributed by atoms with Gasteiger partial charge >= 0.3 is 0 Å². The molecule has 178 valence electrons. The third-order valence-electron chi connectivity index (χ3n) is 8.71. The lowest BCUT2D eigenvalue weighted by Crippen LogP contribution is -2.60. The molecule has 5 heteroatoms. The number of rotatable bonds is 2. The van der Waals surface area contributed by atoms with Crippen molar-refractivity contribution in [1.82, 2.24) is 0 Å². The minimum Gasteiger partial charge on any atom is -0.508 e. The van der Waals surface area contributed by atoms with E-state index in [1.54, 1.807) is 0 Å². The first-order chi connectivity index (χ1) is 15.8. The number of aliphatic hydroxyl groups excluding tert-OH is 1. The Kier molecular flexibility index (Phi) is 4.74. The molecule has 3 atom stereocenters. The smallest absolute Gasteiger partial charge is 0.197 e. The van der Waals surface area contributed by atoms with Gasteiger partial charge in [0.1, 0.15) is 11.5 Å². The van der Waals surface area contributed by atoms with Gasteiger partial charge in [0, 0.05) is 22.0 Å². The number of benzene rings is 1. The van der Waals surface area contributed by atoms with E-state index in [1.165, 1.54) is 25.0 Å². The number of phenols is 1. The number of aromatic hydroxyl groups is 1. The summed E-state index contributed by atoms with van der Waals surface area (Å²) in [7, 11) is 0. The lowest BCUT2D eigenvalue weighted by Gasteiger charge is -2.58. The quantitative estimate of drug-likeness (QED) is 0.540. The van der Waals surface area contributed by atoms with Gasteiger partial charge in [-0.1, -0.05) is 43.7 Å². The zero-order valence-electron chi connectivity index (χ0n) is 20.3. The summed E-state index contributed by atoms with van der Waals surface area (Å²) in [6, 6.07) is 3.39. The van der Waals surface area contributed by atoms with E-state index >= 15 is 0 Å². The number of Topliss-reactive ketones (excluding diaryl/α,β-unsaturated/α-hetero) is 2. The normalized spacial score (nSPS) is 32.7. The largest absolute Gasteiger partial charge is 0.508 e. The number of hydrogen-bond donors (Lipinski definition) is 3. The van der Waals surface area contributed by atoms with Crippen LogP contribution in [0.5, 0.6) is 5.75 Å². The van der Waals surface area contributed by atoms with Crippen LogP contribution in [-0.2, 0) is 11.2 Å². The molecule has 0 amide bonds. The second kappa shape index (κ2) is 7.05. The van der Waals surface area contributed by atoms with E-state index in [0.717, 1.165) is 29.5 Å². The van der Waals surface area contributed by atoms with E-state index in [0.29, 0.717) is 24.8 Å². The summed E-state index contributed by atoms with van der Waals surface area (Å²) in [4.78, 5) is 26.3. The molecule has 0 saturated heterocycles. The molecule has 1 saturated carbocycles. The summed E-state index contributed by atoms with van der Waals surface area (Å²) in [5.74, 6) is -1.25. The number of phenolic OH excluding ortho intramolecular Hbond substituents is 1. The van der Waals surface area contributed by atoms with Crippen molar-refractivity contribution in [2.24, 2.45) is 10.8 Å². The van der Waals surface area contributed by atoms with E-state index in [9.17, 15) is 24.9 Å². The van der Waals surface area contributed by atoms with Gasteiger partial charge in [0.15, 0.2) is 17.2 Å². The summed E-state index contributed by atoms with van der Waals surface area (Å²) in [6.07, 6.45) is 6.67. The summed E-state index contributed by atoms with van der Waals surface area (Å²) >= 11 is 0. The maximum absolute atomic E-state index is 13.9. The highest BCUT2D eigenvalue weighted by Gasteiger charge is 2.64. The van der Waals surface area contributed by atoms with Crippen LogP contribution in [0.4, 0.5) is 0 Å². The predicted molar refractivity (Wildman–Crippen MR) is 131 cm³/mol. The minimum atomic E-state index is -1.93. The van der Waals surface area contributed by atoms with Crippen LogP contribution in [0.3, 0.4) is 0 Å². The molecular formula is C29H32O5. The van der Waals surface area contributed by atoms with Crippen LogP contribution in [0.15, 0.2) is 52.3 Å². The van der Waals surface area contributed by atoms with Gasteiger partial charge in [-0.2, -0.15) is 0 Å². The molecule has 0 heterocycles. The SMILES string of the molecule is C=C1C(C(C)=O)=C(C)C[C@@]2(C)C[C@@]3(C)Cc4c(C=C5CCC5)ccc(O)c4C(=O)C3=C(O)[C@@]12O. The van der Waals surface area contributed by atoms with Crippen molar-refractivity contribution < 1.29 is 24.9 Å². The Morgan fingerprint density at radius 2 is 1.82 bits per heavy atom. The van der Waals surface area contributed by atoms with Gasteiger partial charge in [-0.15, -0.1) is 0 Å². The highest BCUT2D eigenvalue weighted by atomic mass is 16.3. The van der Waals surface area contributed by atoms with Crippen molar-refractivity contribution in [3.63, 3.8) is 0 Å². The van der Waals surface area contributed by atoms with Crippen molar-refractivity contribution in [1.29, 1.82) is 0 Å². The zero-order valence-corrected chi connectivity index (χ0v) is 20.3. The Morgan fingerprint density at radius 1 is 1.15 bits per heavy atom. The number of hydrogen-bond acceptors (Lipinski definition) is 5. The van der Waals surface area contributed by atoms with Gasteiger partial charge < -0.3 is 15.3 Å². The van der Waals surface area contributed by atoms with Crippen LogP contribution in [0.2, 0.25) is 0 Å². The molecule has 34 heavy (non-hydrogen) atoms. The van der Waals surface area contributed by atoms with E-state index < -0.39 is 28.0 Å². The van der Waals surface area contributed by atoms with Gasteiger partial charge in [0.05, 0.1) is 5.56 Å². The molecule has 0 radical (unpaired) electrons. The van der Waals surface area contributed by atoms with Crippen LogP contribution >= 0.6 is 0 Å². The molecule has 1 aromatic carbocycles. The third kappa shape index (κ3) is 2.76. The van der Waals surface area contributed by atoms with Crippen molar-refractivity contribution in [2.45, 2.75) is 71.8 Å². The van der Waals surface area contributed by atoms with E-state index in [1.807, 2.05) is 26.8 Å². The van der Waals surface area contributed by atoms with Crippen LogP contribution in [0, 0.1) is 10.8 Å². The molecule has 5 nitrogen and oxygen atoms in total. The first kappa shape index (κ1) is 22.9. The number of carbonyl (C=O) groups is 2. The monoisotopic (exact) mass is 460 g/mol. The number of carbonyl (C=O) groups excluding carboxylic acids is 2. The molecule has 1 aromatic rings. The van der Waals surface area contributed by atoms with Crippen molar-refractivity contribution in [2.75, 3.05) is 0 Å². The van der Waals surface area contributed by atoms with Crippen molar-refractivity contribution in [3.8, 4) is 5.75 Å². The van der Waals surface area contributed by atoms with Crippen molar-refractivity contribution >= 4 is 17.6 Å². The fraction of sp³-hybridized carbons (Fsp3) is 0.448. The zero-order chi connectivity index (χ0) is 24.8. The maximum Gasteiger partial charge on any atom is 0.197 e. The molecule has 4 aliphatic rings. The Hall–Kier alpha value is -2.92. The summed E-state index contributed by atoms with van der Waals surface area (Å²) in [5.41, 5.74) is 1.15. The fourth-order valence-electron chi connectivity index (χ4n) is 7.18. The third-order valence-corrected chi connectivity index (χ3v) is 8.71. The average molecular weight is 461 g/mol. The maximum atomic E-state index is 13.9. The molecule has 0 bridgehead atoms. The van der Waals surface area contributed by atoms with Crippen LogP contribution in [-0.4, -0.2) is 32.5 Å². The van der Waals surface area contributed by atoms with E-state index in [2.05, 4.69) is 12.7 Å². The lowest BCUT2D eigenvalue weighted by molar-refractivity contribution is -0.115. The average Bonchev–Trinajstić information content (AvgIpc) is 2.68. The number of allylic oxidation sites excluding steroid dienone is 3. The Balaban J connectivity index is 1.75. The van der Waals surface area contributed by atoms with Gasteiger partial charge in [-0.25, -0.2) is 0 Å².